The van der Waals surface area contributed by atoms with E-state index >= 15 is 0 Å². The highest BCUT2D eigenvalue weighted by molar-refractivity contribution is 9.10. The molecule has 0 spiro atoms. The maximum Gasteiger partial charge on any atom is 0.165 e. The van der Waals surface area contributed by atoms with Crippen molar-refractivity contribution < 1.29 is 0 Å². The Morgan fingerprint density at radius 3 is 3.12 bits per heavy atom. The van der Waals surface area contributed by atoms with Crippen LogP contribution in [-0.2, 0) is 6.54 Å². The molecule has 3 rings (SSSR count). The summed E-state index contributed by atoms with van der Waals surface area (Å²) >= 11 is 3.42. The van der Waals surface area contributed by atoms with Crippen molar-refractivity contribution in [2.75, 3.05) is 6.54 Å². The normalized spacial score (nSPS) is 19.1. The zero-order chi connectivity index (χ0) is 11.8. The Hall–Kier alpha value is -1.27. The molecule has 0 aliphatic carbocycles. The van der Waals surface area contributed by atoms with E-state index in [4.69, 9.17) is 0 Å². The van der Waals surface area contributed by atoms with Crippen molar-refractivity contribution in [1.29, 1.82) is 0 Å². The van der Waals surface area contributed by atoms with Gasteiger partial charge in [-0.15, -0.1) is 10.2 Å². The van der Waals surface area contributed by atoms with Crippen LogP contribution in [0.4, 0.5) is 0 Å². The van der Waals surface area contributed by atoms with Gasteiger partial charge in [0.15, 0.2) is 5.82 Å². The molecule has 88 valence electrons. The Labute approximate surface area is 107 Å². The van der Waals surface area contributed by atoms with Crippen molar-refractivity contribution in [1.82, 2.24) is 25.1 Å². The Morgan fingerprint density at radius 1 is 1.41 bits per heavy atom. The first-order chi connectivity index (χ1) is 8.25. The zero-order valence-electron chi connectivity index (χ0n) is 9.39. The number of rotatable bonds is 1. The predicted octanol–water partition coefficient (Wildman–Crippen LogP) is 1.77. The molecule has 0 aromatic carbocycles. The van der Waals surface area contributed by atoms with Gasteiger partial charge in [-0.25, -0.2) is 0 Å². The third-order valence-electron chi connectivity index (χ3n) is 2.92. The van der Waals surface area contributed by atoms with Crippen LogP contribution in [0.3, 0.4) is 0 Å². The minimum Gasteiger partial charge on any atom is -0.308 e. The largest absolute Gasteiger partial charge is 0.308 e. The van der Waals surface area contributed by atoms with Crippen molar-refractivity contribution in [2.24, 2.45) is 0 Å². The topological polar surface area (TPSA) is 55.6 Å². The quantitative estimate of drug-likeness (QED) is 0.871. The number of hydrogen-bond acceptors (Lipinski definition) is 4. The number of pyridine rings is 1. The summed E-state index contributed by atoms with van der Waals surface area (Å²) < 4.78 is 3.11. The molecule has 0 amide bonds. The average molecular weight is 294 g/mol. The number of fused-ring (bicyclic) bond motifs is 1. The van der Waals surface area contributed by atoms with Crippen molar-refractivity contribution >= 4 is 15.9 Å². The van der Waals surface area contributed by atoms with Gasteiger partial charge in [0.2, 0.25) is 0 Å². The summed E-state index contributed by atoms with van der Waals surface area (Å²) in [5, 5.41) is 11.9. The van der Waals surface area contributed by atoms with Gasteiger partial charge in [-0.1, -0.05) is 0 Å². The van der Waals surface area contributed by atoms with Crippen LogP contribution in [0.25, 0.3) is 11.4 Å². The van der Waals surface area contributed by atoms with Crippen LogP contribution in [0.1, 0.15) is 18.8 Å². The molecule has 0 radical (unpaired) electrons. The molecule has 1 aliphatic rings. The Balaban J connectivity index is 2.10. The molecule has 2 aromatic rings. The molecule has 3 heterocycles. The van der Waals surface area contributed by atoms with E-state index in [9.17, 15) is 0 Å². The Morgan fingerprint density at radius 2 is 2.29 bits per heavy atom. The lowest BCUT2D eigenvalue weighted by Crippen LogP contribution is -2.32. The van der Waals surface area contributed by atoms with Gasteiger partial charge in [0.05, 0.1) is 6.04 Å². The van der Waals surface area contributed by atoms with E-state index in [1.165, 1.54) is 0 Å². The molecule has 5 nitrogen and oxygen atoms in total. The van der Waals surface area contributed by atoms with Crippen LogP contribution in [0.15, 0.2) is 22.9 Å². The van der Waals surface area contributed by atoms with E-state index in [1.54, 1.807) is 6.20 Å². The van der Waals surface area contributed by atoms with Crippen LogP contribution < -0.4 is 5.32 Å². The summed E-state index contributed by atoms with van der Waals surface area (Å²) in [6, 6.07) is 2.27. The fraction of sp³-hybridized carbons (Fsp3) is 0.364. The van der Waals surface area contributed by atoms with Crippen molar-refractivity contribution in [2.45, 2.75) is 19.5 Å². The minimum absolute atomic E-state index is 0.255. The molecular formula is C11H12BrN5. The second-order valence-electron chi connectivity index (χ2n) is 4.10. The van der Waals surface area contributed by atoms with Gasteiger partial charge in [-0.3, -0.25) is 4.98 Å². The maximum absolute atomic E-state index is 4.27. The lowest BCUT2D eigenvalue weighted by Gasteiger charge is -2.21. The van der Waals surface area contributed by atoms with Crippen molar-refractivity contribution in [3.05, 3.63) is 28.8 Å². The third-order valence-corrected chi connectivity index (χ3v) is 3.35. The van der Waals surface area contributed by atoms with Gasteiger partial charge in [-0.05, 0) is 28.9 Å². The molecule has 0 saturated carbocycles. The second-order valence-corrected chi connectivity index (χ2v) is 5.02. The van der Waals surface area contributed by atoms with E-state index in [-0.39, 0.29) is 6.04 Å². The first-order valence-corrected chi connectivity index (χ1v) is 6.32. The van der Waals surface area contributed by atoms with Gasteiger partial charge in [0, 0.05) is 35.5 Å². The van der Waals surface area contributed by atoms with Crippen LogP contribution in [-0.4, -0.2) is 26.3 Å². The van der Waals surface area contributed by atoms with E-state index in [2.05, 4.69) is 47.9 Å². The van der Waals surface area contributed by atoms with Gasteiger partial charge in [0.1, 0.15) is 5.82 Å². The molecule has 2 aromatic heterocycles. The van der Waals surface area contributed by atoms with E-state index in [0.29, 0.717) is 0 Å². The maximum atomic E-state index is 4.27. The highest BCUT2D eigenvalue weighted by Gasteiger charge is 2.22. The molecule has 1 N–H and O–H groups in total. The van der Waals surface area contributed by atoms with E-state index in [1.807, 2.05) is 12.3 Å². The van der Waals surface area contributed by atoms with E-state index in [0.717, 1.165) is 34.8 Å². The summed E-state index contributed by atoms with van der Waals surface area (Å²) in [6.45, 7) is 3.94. The summed E-state index contributed by atoms with van der Waals surface area (Å²) in [5.74, 6) is 1.88. The molecule has 0 fully saturated rings. The molecule has 0 saturated heterocycles. The summed E-state index contributed by atoms with van der Waals surface area (Å²) in [4.78, 5) is 4.16. The summed E-state index contributed by atoms with van der Waals surface area (Å²) in [7, 11) is 0. The molecule has 6 heteroatoms. The standard InChI is InChI=1S/C11H12BrN5/c1-7-10-15-16-11(17(10)3-2-14-7)8-4-9(12)6-13-5-8/h4-7,14H,2-3H2,1H3. The van der Waals surface area contributed by atoms with Crippen molar-refractivity contribution in [3.8, 4) is 11.4 Å². The molecule has 1 unspecified atom stereocenters. The molecular weight excluding hydrogens is 282 g/mol. The van der Waals surface area contributed by atoms with Crippen LogP contribution in [0.2, 0.25) is 0 Å². The van der Waals surface area contributed by atoms with Crippen molar-refractivity contribution in [3.63, 3.8) is 0 Å². The number of nitrogens with zero attached hydrogens (tertiary/aromatic N) is 4. The summed E-state index contributed by atoms with van der Waals surface area (Å²) in [6.07, 6.45) is 3.58. The molecule has 17 heavy (non-hydrogen) atoms. The predicted molar refractivity (Wildman–Crippen MR) is 67.4 cm³/mol. The van der Waals surface area contributed by atoms with Crippen LogP contribution in [0.5, 0.6) is 0 Å². The Bertz CT molecular complexity index is 551. The lowest BCUT2D eigenvalue weighted by molar-refractivity contribution is 0.439. The SMILES string of the molecule is CC1NCCn2c(-c3cncc(Br)c3)nnc21. The fourth-order valence-corrected chi connectivity index (χ4v) is 2.45. The number of halogens is 1. The number of hydrogen-bond donors (Lipinski definition) is 1. The zero-order valence-corrected chi connectivity index (χ0v) is 11.0. The van der Waals surface area contributed by atoms with Gasteiger partial charge in [0.25, 0.3) is 0 Å². The fourth-order valence-electron chi connectivity index (χ4n) is 2.09. The number of aromatic nitrogens is 4. The smallest absolute Gasteiger partial charge is 0.165 e. The van der Waals surface area contributed by atoms with Crippen LogP contribution >= 0.6 is 15.9 Å². The lowest BCUT2D eigenvalue weighted by atomic mass is 10.2. The third kappa shape index (κ3) is 1.87. The monoisotopic (exact) mass is 293 g/mol. The Kier molecular flexibility index (Phi) is 2.68. The molecule has 1 aliphatic heterocycles. The number of nitrogens with one attached hydrogen (secondary N) is 1. The van der Waals surface area contributed by atoms with Gasteiger partial charge in [-0.2, -0.15) is 0 Å². The van der Waals surface area contributed by atoms with Crippen LogP contribution in [0, 0.1) is 0 Å². The first-order valence-electron chi connectivity index (χ1n) is 5.53. The van der Waals surface area contributed by atoms with Gasteiger partial charge >= 0.3 is 0 Å². The van der Waals surface area contributed by atoms with Gasteiger partial charge < -0.3 is 9.88 Å². The molecule has 0 bridgehead atoms. The first kappa shape index (κ1) is 10.9. The van der Waals surface area contributed by atoms with E-state index < -0.39 is 0 Å². The molecule has 1 atom stereocenters. The average Bonchev–Trinajstić information content (AvgIpc) is 2.74. The highest BCUT2D eigenvalue weighted by atomic mass is 79.9. The highest BCUT2D eigenvalue weighted by Crippen LogP contribution is 2.24. The minimum atomic E-state index is 0.255. The second kappa shape index (κ2) is 4.19. The summed E-state index contributed by atoms with van der Waals surface area (Å²) in [5.41, 5.74) is 0.993.